The van der Waals surface area contributed by atoms with Gasteiger partial charge in [-0.1, -0.05) is 0 Å². The minimum Gasteiger partial charge on any atom is -0.368 e. The summed E-state index contributed by atoms with van der Waals surface area (Å²) in [4.78, 5) is 24.3. The highest BCUT2D eigenvalue weighted by Crippen LogP contribution is 2.27. The molecule has 3 heterocycles. The molecule has 2 N–H and O–H groups in total. The third kappa shape index (κ3) is 2.67. The lowest BCUT2D eigenvalue weighted by molar-refractivity contribution is -0.117. The van der Waals surface area contributed by atoms with Crippen LogP contribution >= 0.6 is 12.6 Å². The number of aromatic nitrogens is 2. The summed E-state index contributed by atoms with van der Waals surface area (Å²) in [5, 5.41) is 0.0668. The lowest BCUT2D eigenvalue weighted by atomic mass is 10.1. The topological polar surface area (TPSA) is 75.3 Å². The molecule has 20 heavy (non-hydrogen) atoms. The number of hydrogen-bond donors (Lipinski definition) is 2. The van der Waals surface area contributed by atoms with Gasteiger partial charge in [-0.05, 0) is 19.3 Å². The van der Waals surface area contributed by atoms with E-state index in [2.05, 4.69) is 27.5 Å². The van der Waals surface area contributed by atoms with Gasteiger partial charge in [-0.2, -0.15) is 22.6 Å². The van der Waals surface area contributed by atoms with Crippen molar-refractivity contribution in [1.29, 1.82) is 0 Å². The molecule has 108 valence electrons. The van der Waals surface area contributed by atoms with Crippen LogP contribution in [0.5, 0.6) is 0 Å². The van der Waals surface area contributed by atoms with Gasteiger partial charge in [-0.15, -0.1) is 0 Å². The molecule has 1 aromatic rings. The van der Waals surface area contributed by atoms with Crippen molar-refractivity contribution >= 4 is 36.1 Å². The summed E-state index contributed by atoms with van der Waals surface area (Å²) in [7, 11) is 0. The summed E-state index contributed by atoms with van der Waals surface area (Å²) in [5.74, 6) is 1.69. The minimum atomic E-state index is 0.0488. The Balaban J connectivity index is 1.88. The van der Waals surface area contributed by atoms with E-state index in [9.17, 15) is 4.79 Å². The van der Waals surface area contributed by atoms with Crippen molar-refractivity contribution in [1.82, 2.24) is 9.97 Å². The summed E-state index contributed by atoms with van der Waals surface area (Å²) < 4.78 is 0. The maximum Gasteiger partial charge on any atom is 0.229 e. The van der Waals surface area contributed by atoms with Crippen molar-refractivity contribution in [3.63, 3.8) is 0 Å². The SMILES string of the molecule is Nc1nc(N2CCCCC2)cc(N2CC(S)CC2=O)n1. The molecule has 1 atom stereocenters. The first-order valence-electron chi connectivity index (χ1n) is 7.01. The minimum absolute atomic E-state index is 0.0488. The smallest absolute Gasteiger partial charge is 0.229 e. The number of nitrogens with two attached hydrogens (primary N) is 1. The molecule has 2 aliphatic heterocycles. The zero-order chi connectivity index (χ0) is 14.1. The highest BCUT2D eigenvalue weighted by Gasteiger charge is 2.30. The average Bonchev–Trinajstić information content (AvgIpc) is 2.78. The van der Waals surface area contributed by atoms with E-state index in [0.29, 0.717) is 18.8 Å². The first kappa shape index (κ1) is 13.5. The lowest BCUT2D eigenvalue weighted by Crippen LogP contribution is -2.31. The highest BCUT2D eigenvalue weighted by atomic mass is 32.1. The number of carbonyl (C=O) groups excluding carboxylic acids is 1. The van der Waals surface area contributed by atoms with E-state index >= 15 is 0 Å². The first-order chi connectivity index (χ1) is 9.63. The molecule has 3 rings (SSSR count). The fraction of sp³-hybridized carbons (Fsp3) is 0.615. The number of nitrogens with zero attached hydrogens (tertiary/aromatic N) is 4. The Bertz CT molecular complexity index is 517. The van der Waals surface area contributed by atoms with Crippen molar-refractivity contribution in [3.8, 4) is 0 Å². The van der Waals surface area contributed by atoms with Crippen molar-refractivity contribution in [3.05, 3.63) is 6.07 Å². The molecule has 0 aliphatic carbocycles. The van der Waals surface area contributed by atoms with Gasteiger partial charge in [-0.3, -0.25) is 9.69 Å². The monoisotopic (exact) mass is 293 g/mol. The van der Waals surface area contributed by atoms with Crippen LogP contribution in [-0.2, 0) is 4.79 Å². The summed E-state index contributed by atoms with van der Waals surface area (Å²) >= 11 is 4.37. The molecule has 2 saturated heterocycles. The number of rotatable bonds is 2. The first-order valence-corrected chi connectivity index (χ1v) is 7.53. The molecule has 1 unspecified atom stereocenters. The fourth-order valence-corrected chi connectivity index (χ4v) is 3.09. The molecule has 0 bridgehead atoms. The second-order valence-corrected chi connectivity index (χ2v) is 6.08. The van der Waals surface area contributed by atoms with Gasteiger partial charge < -0.3 is 10.6 Å². The number of thiol groups is 1. The van der Waals surface area contributed by atoms with Gasteiger partial charge in [0.25, 0.3) is 0 Å². The van der Waals surface area contributed by atoms with E-state index in [1.165, 1.54) is 19.3 Å². The quantitative estimate of drug-likeness (QED) is 0.798. The Morgan fingerprint density at radius 1 is 1.20 bits per heavy atom. The number of hydrogen-bond acceptors (Lipinski definition) is 6. The molecule has 1 amide bonds. The van der Waals surface area contributed by atoms with Crippen molar-refractivity contribution in [2.45, 2.75) is 30.9 Å². The van der Waals surface area contributed by atoms with E-state index < -0.39 is 0 Å². The second-order valence-electron chi connectivity index (χ2n) is 5.35. The van der Waals surface area contributed by atoms with Crippen molar-refractivity contribution in [2.75, 3.05) is 35.2 Å². The van der Waals surface area contributed by atoms with E-state index in [1.807, 2.05) is 6.07 Å². The highest BCUT2D eigenvalue weighted by molar-refractivity contribution is 7.81. The van der Waals surface area contributed by atoms with Gasteiger partial charge in [0.2, 0.25) is 11.9 Å². The van der Waals surface area contributed by atoms with Gasteiger partial charge in [0.05, 0.1) is 0 Å². The molecular formula is C13H19N5OS. The van der Waals surface area contributed by atoms with Crippen LogP contribution in [0, 0.1) is 0 Å². The molecule has 2 aliphatic rings. The van der Waals surface area contributed by atoms with Crippen LogP contribution in [0.2, 0.25) is 0 Å². The van der Waals surface area contributed by atoms with Gasteiger partial charge >= 0.3 is 0 Å². The number of anilines is 3. The summed E-state index contributed by atoms with van der Waals surface area (Å²) in [5.41, 5.74) is 5.81. The van der Waals surface area contributed by atoms with Crippen molar-refractivity contribution < 1.29 is 4.79 Å². The van der Waals surface area contributed by atoms with Crippen LogP contribution in [0.1, 0.15) is 25.7 Å². The lowest BCUT2D eigenvalue weighted by Gasteiger charge is -2.28. The number of amides is 1. The number of nitrogen functional groups attached to an aromatic ring is 1. The van der Waals surface area contributed by atoms with E-state index in [-0.39, 0.29) is 17.1 Å². The van der Waals surface area contributed by atoms with Gasteiger partial charge in [-0.25, -0.2) is 0 Å². The van der Waals surface area contributed by atoms with E-state index in [0.717, 1.165) is 18.9 Å². The molecule has 0 aromatic carbocycles. The summed E-state index contributed by atoms with van der Waals surface area (Å²) in [6, 6.07) is 1.87. The Labute approximate surface area is 123 Å². The Morgan fingerprint density at radius 3 is 2.55 bits per heavy atom. The van der Waals surface area contributed by atoms with Gasteiger partial charge in [0, 0.05) is 37.4 Å². The molecular weight excluding hydrogens is 274 g/mol. The normalized spacial score (nSPS) is 23.4. The number of piperidine rings is 1. The zero-order valence-corrected chi connectivity index (χ0v) is 12.2. The van der Waals surface area contributed by atoms with Crippen LogP contribution in [0.15, 0.2) is 6.07 Å². The molecule has 0 radical (unpaired) electrons. The summed E-state index contributed by atoms with van der Waals surface area (Å²) in [6.45, 7) is 2.55. The third-order valence-corrected chi connectivity index (χ3v) is 4.12. The average molecular weight is 293 g/mol. The largest absolute Gasteiger partial charge is 0.368 e. The maximum atomic E-state index is 11.9. The maximum absolute atomic E-state index is 11.9. The predicted molar refractivity (Wildman–Crippen MR) is 82.3 cm³/mol. The van der Waals surface area contributed by atoms with Crippen LogP contribution in [-0.4, -0.2) is 40.8 Å². The third-order valence-electron chi connectivity index (χ3n) is 3.78. The molecule has 6 nitrogen and oxygen atoms in total. The molecule has 0 saturated carbocycles. The van der Waals surface area contributed by atoms with Crippen LogP contribution in [0.25, 0.3) is 0 Å². The molecule has 7 heteroatoms. The second kappa shape index (κ2) is 5.47. The van der Waals surface area contributed by atoms with Gasteiger partial charge in [0.15, 0.2) is 0 Å². The zero-order valence-electron chi connectivity index (χ0n) is 11.3. The van der Waals surface area contributed by atoms with Crippen LogP contribution in [0.4, 0.5) is 17.6 Å². The predicted octanol–water partition coefficient (Wildman–Crippen LogP) is 1.08. The van der Waals surface area contributed by atoms with Crippen LogP contribution < -0.4 is 15.5 Å². The summed E-state index contributed by atoms with van der Waals surface area (Å²) in [6.07, 6.45) is 4.04. The number of carbonyl (C=O) groups is 1. The van der Waals surface area contributed by atoms with Crippen LogP contribution in [0.3, 0.4) is 0 Å². The fourth-order valence-electron chi connectivity index (χ4n) is 2.77. The molecule has 2 fully saturated rings. The van der Waals surface area contributed by atoms with Gasteiger partial charge in [0.1, 0.15) is 11.6 Å². The van der Waals surface area contributed by atoms with E-state index in [4.69, 9.17) is 5.73 Å². The molecule has 0 spiro atoms. The standard InChI is InChI=1S/C13H19N5OS/c14-13-15-10(17-4-2-1-3-5-17)7-11(16-13)18-8-9(20)6-12(18)19/h7,9,20H,1-6,8H2,(H2,14,15,16). The van der Waals surface area contributed by atoms with E-state index in [1.54, 1.807) is 4.90 Å². The Kier molecular flexibility index (Phi) is 3.69. The molecule has 1 aromatic heterocycles. The van der Waals surface area contributed by atoms with Crippen molar-refractivity contribution in [2.24, 2.45) is 0 Å². The Morgan fingerprint density at radius 2 is 1.90 bits per heavy atom. The Hall–Kier alpha value is -1.50.